The maximum atomic E-state index is 13.6. The zero-order chi connectivity index (χ0) is 29.4. The Morgan fingerprint density at radius 1 is 1.19 bits per heavy atom. The van der Waals surface area contributed by atoms with Crippen molar-refractivity contribution in [2.24, 2.45) is 10.9 Å². The van der Waals surface area contributed by atoms with E-state index in [-0.39, 0.29) is 29.8 Å². The van der Waals surface area contributed by atoms with Crippen LogP contribution in [0, 0.1) is 12.8 Å². The van der Waals surface area contributed by atoms with Crippen molar-refractivity contribution in [2.45, 2.75) is 39.2 Å². The Balaban J connectivity index is 1.29. The third-order valence-electron chi connectivity index (χ3n) is 7.61. The molecule has 42 heavy (non-hydrogen) atoms. The molecule has 0 saturated heterocycles. The van der Waals surface area contributed by atoms with E-state index in [2.05, 4.69) is 27.2 Å². The normalized spacial score (nSPS) is 17.7. The smallest absolute Gasteiger partial charge is 0.331 e. The van der Waals surface area contributed by atoms with Crippen molar-refractivity contribution in [1.29, 1.82) is 0 Å². The van der Waals surface area contributed by atoms with Gasteiger partial charge in [-0.15, -0.1) is 11.3 Å². The summed E-state index contributed by atoms with van der Waals surface area (Å²) in [5, 5.41) is 6.75. The van der Waals surface area contributed by atoms with E-state index >= 15 is 0 Å². The Morgan fingerprint density at radius 2 is 2.00 bits per heavy atom. The standard InChI is InChI=1S/C32H29N5O4S/c1-4-26(38)35-23-12-8-11-22(23)19(3)34-30(39)29-28-27-25(15-16-33-31(27)42-29)37(32(40)36-28)24-14-13-21(17-18(24)2)41-20-9-6-5-7-10-20/h4-7,9-10,13-17,19,22H,1,8,11-12H2,2-3H3,(H,34,39)(H,36,40)/t19-,22-/m1/s1. The van der Waals surface area contributed by atoms with Crippen molar-refractivity contribution in [1.82, 2.24) is 10.3 Å². The quantitative estimate of drug-likeness (QED) is 0.226. The van der Waals surface area contributed by atoms with Gasteiger partial charge in [-0.25, -0.2) is 14.8 Å². The highest BCUT2D eigenvalue weighted by Crippen LogP contribution is 2.46. The molecule has 4 aromatic rings. The molecule has 9 nitrogen and oxygen atoms in total. The number of ether oxygens (including phenoxy) is 1. The van der Waals surface area contributed by atoms with Crippen molar-refractivity contribution < 1.29 is 19.1 Å². The van der Waals surface area contributed by atoms with Crippen LogP contribution in [0.5, 0.6) is 11.5 Å². The number of benzene rings is 2. The maximum absolute atomic E-state index is 13.6. The minimum absolute atomic E-state index is 0.0424. The fraction of sp³-hybridized carbons (Fsp3) is 0.219. The molecule has 1 aliphatic heterocycles. The van der Waals surface area contributed by atoms with Gasteiger partial charge in [0, 0.05) is 23.9 Å². The van der Waals surface area contributed by atoms with E-state index in [1.165, 1.54) is 17.4 Å². The van der Waals surface area contributed by atoms with Crippen LogP contribution in [0.15, 0.2) is 78.4 Å². The monoisotopic (exact) mass is 579 g/mol. The highest BCUT2D eigenvalue weighted by atomic mass is 32.1. The predicted octanol–water partition coefficient (Wildman–Crippen LogP) is 7.15. The molecule has 3 heterocycles. The number of pyridine rings is 1. The minimum Gasteiger partial charge on any atom is -0.457 e. The number of aryl methyl sites for hydroxylation is 1. The first-order chi connectivity index (χ1) is 20.3. The van der Waals surface area contributed by atoms with Gasteiger partial charge in [0.05, 0.1) is 22.4 Å². The number of hydrogen-bond acceptors (Lipinski definition) is 6. The van der Waals surface area contributed by atoms with E-state index in [0.717, 1.165) is 36.3 Å². The number of thiophene rings is 1. The summed E-state index contributed by atoms with van der Waals surface area (Å²) in [6.07, 6.45) is 5.29. The van der Waals surface area contributed by atoms with Gasteiger partial charge in [-0.3, -0.25) is 14.5 Å². The Bertz CT molecular complexity index is 1760. The summed E-state index contributed by atoms with van der Waals surface area (Å²) in [4.78, 5) is 50.3. The van der Waals surface area contributed by atoms with E-state index in [0.29, 0.717) is 37.9 Å². The van der Waals surface area contributed by atoms with Crippen LogP contribution in [0.25, 0.3) is 10.2 Å². The zero-order valence-corrected chi connectivity index (χ0v) is 24.0. The highest BCUT2D eigenvalue weighted by molar-refractivity contribution is 7.21. The number of nitrogens with zero attached hydrogens (tertiary/aromatic N) is 3. The summed E-state index contributed by atoms with van der Waals surface area (Å²) in [6, 6.07) is 16.2. The molecule has 2 atom stereocenters. The Hall–Kier alpha value is -4.83. The number of amides is 4. The maximum Gasteiger partial charge on any atom is 0.331 e. The molecule has 1 fully saturated rings. The van der Waals surface area contributed by atoms with Gasteiger partial charge in [-0.1, -0.05) is 24.8 Å². The van der Waals surface area contributed by atoms with Crippen LogP contribution in [0.3, 0.4) is 0 Å². The molecule has 1 saturated carbocycles. The molecule has 10 heteroatoms. The first kappa shape index (κ1) is 27.3. The number of hydrogen-bond donors (Lipinski definition) is 2. The van der Waals surface area contributed by atoms with Crippen LogP contribution in [0.4, 0.5) is 21.9 Å². The van der Waals surface area contributed by atoms with Crippen molar-refractivity contribution >= 4 is 62.2 Å². The van der Waals surface area contributed by atoms with Crippen LogP contribution >= 0.6 is 11.3 Å². The molecule has 0 unspecified atom stereocenters. The zero-order valence-electron chi connectivity index (χ0n) is 23.2. The number of aromatic nitrogens is 1. The first-order valence-corrected chi connectivity index (χ1v) is 14.6. The average Bonchev–Trinajstić information content (AvgIpc) is 3.60. The van der Waals surface area contributed by atoms with Gasteiger partial charge < -0.3 is 15.4 Å². The molecule has 0 spiro atoms. The molecule has 4 amide bonds. The van der Waals surface area contributed by atoms with Crippen molar-refractivity contribution in [3.63, 3.8) is 0 Å². The lowest BCUT2D eigenvalue weighted by atomic mass is 9.97. The SMILES string of the molecule is C=CC(=O)N=C1CCC[C@@H]1[C@@H](C)NC(=O)c1sc2nccc3c2c1NC(=O)N3c1ccc(Oc2ccccc2)cc1C. The minimum atomic E-state index is -0.372. The number of nitrogens with one attached hydrogen (secondary N) is 2. The molecule has 6 rings (SSSR count). The van der Waals surface area contributed by atoms with E-state index in [1.807, 2.05) is 62.4 Å². The summed E-state index contributed by atoms with van der Waals surface area (Å²) in [5.74, 6) is 0.664. The Labute approximate surface area is 246 Å². The molecular weight excluding hydrogens is 550 g/mol. The second-order valence-corrected chi connectivity index (χ2v) is 11.4. The van der Waals surface area contributed by atoms with Crippen LogP contribution in [0.1, 0.15) is 41.4 Å². The van der Waals surface area contributed by atoms with Gasteiger partial charge in [0.1, 0.15) is 21.2 Å². The molecule has 2 aliphatic rings. The lowest BCUT2D eigenvalue weighted by Crippen LogP contribution is -2.40. The van der Waals surface area contributed by atoms with Gasteiger partial charge in [0.2, 0.25) is 0 Å². The summed E-state index contributed by atoms with van der Waals surface area (Å²) >= 11 is 1.24. The van der Waals surface area contributed by atoms with Crippen molar-refractivity contribution in [2.75, 3.05) is 10.2 Å². The van der Waals surface area contributed by atoms with E-state index in [4.69, 9.17) is 4.74 Å². The second kappa shape index (κ2) is 11.2. The van der Waals surface area contributed by atoms with Crippen LogP contribution < -0.4 is 20.3 Å². The van der Waals surface area contributed by atoms with Crippen LogP contribution in [-0.2, 0) is 4.79 Å². The number of aliphatic imine (C=N–C) groups is 1. The summed E-state index contributed by atoms with van der Waals surface area (Å²) in [7, 11) is 0. The molecule has 0 bridgehead atoms. The fourth-order valence-corrected chi connectivity index (χ4v) is 6.67. The number of para-hydroxylation sites is 1. The second-order valence-electron chi connectivity index (χ2n) is 10.4. The number of carbonyl (C=O) groups excluding carboxylic acids is 3. The van der Waals surface area contributed by atoms with Gasteiger partial charge in [-0.2, -0.15) is 0 Å². The molecule has 1 aliphatic carbocycles. The van der Waals surface area contributed by atoms with Crippen LogP contribution in [0.2, 0.25) is 0 Å². The lowest BCUT2D eigenvalue weighted by Gasteiger charge is -2.29. The molecule has 212 valence electrons. The molecule has 2 aromatic carbocycles. The van der Waals surface area contributed by atoms with E-state index in [9.17, 15) is 14.4 Å². The summed E-state index contributed by atoms with van der Waals surface area (Å²) in [5.41, 5.74) is 3.42. The topological polar surface area (TPSA) is 113 Å². The van der Waals surface area contributed by atoms with E-state index in [1.54, 1.807) is 17.2 Å². The average molecular weight is 580 g/mol. The largest absolute Gasteiger partial charge is 0.457 e. The third-order valence-corrected chi connectivity index (χ3v) is 8.70. The number of urea groups is 1. The van der Waals surface area contributed by atoms with Gasteiger partial charge in [-0.05, 0) is 81.1 Å². The van der Waals surface area contributed by atoms with Gasteiger partial charge in [0.15, 0.2) is 0 Å². The molecular formula is C32H29N5O4S. The van der Waals surface area contributed by atoms with Gasteiger partial charge in [0.25, 0.3) is 11.8 Å². The molecule has 0 radical (unpaired) electrons. The Kier molecular flexibility index (Phi) is 7.30. The van der Waals surface area contributed by atoms with Crippen LogP contribution in [-0.4, -0.2) is 34.6 Å². The summed E-state index contributed by atoms with van der Waals surface area (Å²) in [6.45, 7) is 7.33. The third kappa shape index (κ3) is 5.05. The predicted molar refractivity (Wildman–Crippen MR) is 165 cm³/mol. The molecule has 2 aromatic heterocycles. The highest BCUT2D eigenvalue weighted by Gasteiger charge is 2.35. The van der Waals surface area contributed by atoms with Crippen molar-refractivity contribution in [3.05, 3.63) is 83.9 Å². The number of rotatable bonds is 7. The summed E-state index contributed by atoms with van der Waals surface area (Å²) < 4.78 is 5.97. The molecule has 2 N–H and O–H groups in total. The van der Waals surface area contributed by atoms with Crippen molar-refractivity contribution in [3.8, 4) is 11.5 Å². The van der Waals surface area contributed by atoms with Gasteiger partial charge >= 0.3 is 6.03 Å². The number of anilines is 3. The first-order valence-electron chi connectivity index (χ1n) is 13.7. The Morgan fingerprint density at radius 3 is 2.76 bits per heavy atom. The lowest BCUT2D eigenvalue weighted by molar-refractivity contribution is -0.113. The fourth-order valence-electron chi connectivity index (χ4n) is 5.64. The number of carbonyl (C=O) groups is 3. The van der Waals surface area contributed by atoms with E-state index < -0.39 is 0 Å².